The molecule has 0 aromatic heterocycles. The van der Waals surface area contributed by atoms with Crippen molar-refractivity contribution in [3.63, 3.8) is 0 Å². The second kappa shape index (κ2) is 22.7. The lowest BCUT2D eigenvalue weighted by Gasteiger charge is -2.29. The number of nitrogens with zero attached hydrogens (tertiary/aromatic N) is 4. The summed E-state index contributed by atoms with van der Waals surface area (Å²) in [6.45, 7) is 2.74. The molecule has 2 amide bonds. The van der Waals surface area contributed by atoms with Crippen molar-refractivity contribution >= 4 is 43.2 Å². The van der Waals surface area contributed by atoms with E-state index in [1.165, 1.54) is 89.0 Å². The standard InChI is InChI=1S/C46H60N4O12S2/c1-8-34(25-28-47(2)45(51)31-49(41-29-37(58-4)17-23-43(41)60-6)63(53,54)39-19-13-35(57-3)14-20-39)33-62-36-15-21-40(22-16-36)64(55,56)50(32-46(52)48-26-11-9-10-12-27-48)42-30-38(59-5)18-24-44(42)61-7/h13-24,29-30,34H,8-12,25-28,31-33H2,1-7H3. The van der Waals surface area contributed by atoms with E-state index in [0.717, 1.165) is 34.3 Å². The van der Waals surface area contributed by atoms with Crippen molar-refractivity contribution < 1.29 is 54.8 Å². The number of sulfonamides is 2. The summed E-state index contributed by atoms with van der Waals surface area (Å²) in [5.41, 5.74) is 0.304. The Labute approximate surface area is 377 Å². The monoisotopic (exact) mass is 924 g/mol. The summed E-state index contributed by atoms with van der Waals surface area (Å²) in [7, 11) is 0.295. The summed E-state index contributed by atoms with van der Waals surface area (Å²) in [5.74, 6) is 1.40. The van der Waals surface area contributed by atoms with Gasteiger partial charge in [0, 0.05) is 38.8 Å². The molecule has 1 unspecified atom stereocenters. The largest absolute Gasteiger partial charge is 0.497 e. The highest BCUT2D eigenvalue weighted by Crippen LogP contribution is 2.38. The number of amides is 2. The number of methoxy groups -OCH3 is 5. The van der Waals surface area contributed by atoms with E-state index < -0.39 is 39.0 Å². The van der Waals surface area contributed by atoms with Gasteiger partial charge in [-0.05, 0) is 104 Å². The van der Waals surface area contributed by atoms with Crippen LogP contribution >= 0.6 is 0 Å². The summed E-state index contributed by atoms with van der Waals surface area (Å²) in [6, 6.07) is 21.4. The zero-order chi connectivity index (χ0) is 46.4. The van der Waals surface area contributed by atoms with Crippen LogP contribution in [0.2, 0.25) is 0 Å². The van der Waals surface area contributed by atoms with Crippen LogP contribution in [0.3, 0.4) is 0 Å². The lowest BCUT2D eigenvalue weighted by atomic mass is 10.0. The van der Waals surface area contributed by atoms with Crippen LogP contribution in [-0.2, 0) is 29.6 Å². The Bertz CT molecular complexity index is 2390. The van der Waals surface area contributed by atoms with Gasteiger partial charge in [0.25, 0.3) is 20.0 Å². The number of likely N-dealkylation sites (N-methyl/N-ethyl adjacent to an activating group) is 1. The van der Waals surface area contributed by atoms with Crippen LogP contribution in [0.1, 0.15) is 45.4 Å². The van der Waals surface area contributed by atoms with Crippen molar-refractivity contribution in [2.75, 3.05) is 90.5 Å². The lowest BCUT2D eigenvalue weighted by Crippen LogP contribution is -2.43. The first kappa shape index (κ1) is 49.1. The van der Waals surface area contributed by atoms with E-state index in [1.54, 1.807) is 48.3 Å². The molecule has 0 bridgehead atoms. The molecule has 348 valence electrons. The average Bonchev–Trinajstić information content (AvgIpc) is 3.62. The first-order chi connectivity index (χ1) is 30.7. The molecule has 5 rings (SSSR count). The Kier molecular flexibility index (Phi) is 17.4. The van der Waals surface area contributed by atoms with Crippen LogP contribution in [0.25, 0.3) is 0 Å². The molecule has 1 atom stereocenters. The quantitative estimate of drug-likeness (QED) is 0.0843. The zero-order valence-corrected chi connectivity index (χ0v) is 39.3. The van der Waals surface area contributed by atoms with Gasteiger partial charge in [0.15, 0.2) is 0 Å². The van der Waals surface area contributed by atoms with Crippen molar-refractivity contribution in [1.82, 2.24) is 9.80 Å². The molecular formula is C46H60N4O12S2. The van der Waals surface area contributed by atoms with Crippen LogP contribution in [0.15, 0.2) is 94.7 Å². The molecule has 1 heterocycles. The van der Waals surface area contributed by atoms with Crippen LogP contribution < -0.4 is 37.0 Å². The minimum absolute atomic E-state index is 0.0164. The molecule has 0 spiro atoms. The fraction of sp³-hybridized carbons (Fsp3) is 0.435. The number of ether oxygens (including phenoxy) is 6. The molecule has 1 aliphatic heterocycles. The molecule has 1 aliphatic rings. The van der Waals surface area contributed by atoms with Crippen molar-refractivity contribution in [2.24, 2.45) is 5.92 Å². The Morgan fingerprint density at radius 3 is 1.52 bits per heavy atom. The fourth-order valence-electron chi connectivity index (χ4n) is 7.20. The number of benzene rings is 4. The van der Waals surface area contributed by atoms with Gasteiger partial charge in [0.1, 0.15) is 47.6 Å². The molecule has 0 N–H and O–H groups in total. The summed E-state index contributed by atoms with van der Waals surface area (Å²) in [6.07, 6.45) is 4.98. The molecule has 64 heavy (non-hydrogen) atoms. The highest BCUT2D eigenvalue weighted by atomic mass is 32.2. The predicted molar refractivity (Wildman–Crippen MR) is 244 cm³/mol. The van der Waals surface area contributed by atoms with Gasteiger partial charge in [-0.15, -0.1) is 0 Å². The predicted octanol–water partition coefficient (Wildman–Crippen LogP) is 6.48. The Hall–Kier alpha value is -5.88. The third-order valence-electron chi connectivity index (χ3n) is 11.2. The molecule has 1 saturated heterocycles. The minimum atomic E-state index is -4.30. The second-order valence-corrected chi connectivity index (χ2v) is 19.0. The molecule has 4 aromatic rings. The van der Waals surface area contributed by atoms with E-state index in [4.69, 9.17) is 28.4 Å². The number of rotatable bonds is 22. The molecule has 1 fully saturated rings. The van der Waals surface area contributed by atoms with E-state index in [9.17, 15) is 26.4 Å². The van der Waals surface area contributed by atoms with E-state index in [2.05, 4.69) is 0 Å². The molecule has 0 saturated carbocycles. The maximum atomic E-state index is 14.4. The van der Waals surface area contributed by atoms with Crippen LogP contribution in [-0.4, -0.2) is 120 Å². The van der Waals surface area contributed by atoms with Gasteiger partial charge in [-0.3, -0.25) is 18.2 Å². The fourth-order valence-corrected chi connectivity index (χ4v) is 10.0. The summed E-state index contributed by atoms with van der Waals surface area (Å²) < 4.78 is 92.5. The third-order valence-corrected chi connectivity index (χ3v) is 14.8. The Morgan fingerprint density at radius 1 is 0.609 bits per heavy atom. The van der Waals surface area contributed by atoms with Crippen molar-refractivity contribution in [3.8, 4) is 34.5 Å². The van der Waals surface area contributed by atoms with Crippen LogP contribution in [0, 0.1) is 5.92 Å². The molecular weight excluding hydrogens is 865 g/mol. The summed E-state index contributed by atoms with van der Waals surface area (Å²) >= 11 is 0. The normalized spacial score (nSPS) is 13.5. The number of hydrogen-bond donors (Lipinski definition) is 0. The topological polar surface area (TPSA) is 171 Å². The number of hydrogen-bond acceptors (Lipinski definition) is 12. The van der Waals surface area contributed by atoms with Crippen LogP contribution in [0.4, 0.5) is 11.4 Å². The van der Waals surface area contributed by atoms with Crippen molar-refractivity contribution in [2.45, 2.75) is 55.2 Å². The van der Waals surface area contributed by atoms with E-state index in [1.807, 2.05) is 6.92 Å². The average molecular weight is 925 g/mol. The smallest absolute Gasteiger partial charge is 0.264 e. The van der Waals surface area contributed by atoms with Gasteiger partial charge >= 0.3 is 0 Å². The second-order valence-electron chi connectivity index (χ2n) is 15.2. The van der Waals surface area contributed by atoms with Crippen molar-refractivity contribution in [1.29, 1.82) is 0 Å². The van der Waals surface area contributed by atoms with Gasteiger partial charge in [0.05, 0.1) is 63.3 Å². The van der Waals surface area contributed by atoms with Gasteiger partial charge in [-0.25, -0.2) is 16.8 Å². The lowest BCUT2D eigenvalue weighted by molar-refractivity contribution is -0.129. The SMILES string of the molecule is CCC(CCN(C)C(=O)CN(c1cc(OC)ccc1OC)S(=O)(=O)c1ccc(OC)cc1)COc1ccc(S(=O)(=O)N(CC(=O)N2CCCCCC2)c2cc(OC)ccc2OC)cc1. The number of carbonyl (C=O) groups excluding carboxylic acids is 2. The highest BCUT2D eigenvalue weighted by Gasteiger charge is 2.33. The first-order valence-electron chi connectivity index (χ1n) is 21.1. The maximum absolute atomic E-state index is 14.4. The van der Waals surface area contributed by atoms with E-state index in [-0.39, 0.29) is 51.1 Å². The number of likely N-dealkylation sites (tertiary alicyclic amines) is 1. The zero-order valence-electron chi connectivity index (χ0n) is 37.6. The number of anilines is 2. The van der Waals surface area contributed by atoms with Gasteiger partial charge in [0.2, 0.25) is 11.8 Å². The summed E-state index contributed by atoms with van der Waals surface area (Å²) in [5, 5.41) is 0. The highest BCUT2D eigenvalue weighted by molar-refractivity contribution is 7.93. The molecule has 16 nitrogen and oxygen atoms in total. The Morgan fingerprint density at radius 2 is 1.06 bits per heavy atom. The van der Waals surface area contributed by atoms with Crippen LogP contribution in [0.5, 0.6) is 34.5 Å². The summed E-state index contributed by atoms with van der Waals surface area (Å²) in [4.78, 5) is 30.6. The van der Waals surface area contributed by atoms with Gasteiger partial charge in [-0.2, -0.15) is 0 Å². The van der Waals surface area contributed by atoms with E-state index >= 15 is 0 Å². The Balaban J connectivity index is 1.28. The van der Waals surface area contributed by atoms with Gasteiger partial charge in [-0.1, -0.05) is 19.8 Å². The van der Waals surface area contributed by atoms with Gasteiger partial charge < -0.3 is 38.2 Å². The molecule has 0 aliphatic carbocycles. The molecule has 0 radical (unpaired) electrons. The van der Waals surface area contributed by atoms with Crippen molar-refractivity contribution in [3.05, 3.63) is 84.9 Å². The minimum Gasteiger partial charge on any atom is -0.497 e. The third kappa shape index (κ3) is 12.0. The maximum Gasteiger partial charge on any atom is 0.264 e. The van der Waals surface area contributed by atoms with E-state index in [0.29, 0.717) is 55.5 Å². The number of carbonyl (C=O) groups is 2. The molecule has 18 heteroatoms. The first-order valence-corrected chi connectivity index (χ1v) is 24.0. The molecule has 4 aromatic carbocycles.